The van der Waals surface area contributed by atoms with Gasteiger partial charge in [-0.3, -0.25) is 0 Å². The number of benzene rings is 7. The van der Waals surface area contributed by atoms with Crippen molar-refractivity contribution in [1.29, 1.82) is 0 Å². The third-order valence-electron chi connectivity index (χ3n) is 10.6. The largest absolute Gasteiger partial charge is 0.313 e. The Hall–Kier alpha value is -6.84. The first-order valence-corrected chi connectivity index (χ1v) is 17.8. The first-order chi connectivity index (χ1) is 25.7. The lowest BCUT2D eigenvalue weighted by Crippen LogP contribution is -1.97. The van der Waals surface area contributed by atoms with Crippen molar-refractivity contribution in [2.75, 3.05) is 0 Å². The van der Waals surface area contributed by atoms with Crippen LogP contribution in [0.25, 0.3) is 94.9 Å². The van der Waals surface area contributed by atoms with Crippen molar-refractivity contribution in [3.8, 4) is 22.5 Å². The molecule has 3 heterocycles. The maximum absolute atomic E-state index is 4.28. The van der Waals surface area contributed by atoms with Gasteiger partial charge in [0.15, 0.2) is 0 Å². The van der Waals surface area contributed by atoms with E-state index in [1.165, 1.54) is 71.3 Å². The highest BCUT2D eigenvalue weighted by molar-refractivity contribution is 6.13. The number of fused-ring (bicyclic) bond motifs is 7. The monoisotopic (exact) mass is 665 g/mol. The maximum Gasteiger partial charge on any atom is 0.0541 e. The van der Waals surface area contributed by atoms with Crippen molar-refractivity contribution in [1.82, 2.24) is 13.7 Å². The SMILES string of the molecule is C=Cc1c(/C=C(\C)n2c3ccccc3c3cc(-c4ccc5c(c4)c4ccccc4n5-c4ccccc4)ccc32)c2ccccc2n1-c1ccccc1. The lowest BCUT2D eigenvalue weighted by atomic mass is 10.0. The molecule has 0 atom stereocenters. The number of hydrogen-bond donors (Lipinski definition) is 0. The highest BCUT2D eigenvalue weighted by atomic mass is 15.0. The van der Waals surface area contributed by atoms with E-state index >= 15 is 0 Å². The summed E-state index contributed by atoms with van der Waals surface area (Å²) < 4.78 is 7.09. The van der Waals surface area contributed by atoms with Gasteiger partial charge < -0.3 is 13.7 Å². The van der Waals surface area contributed by atoms with Gasteiger partial charge in [-0.05, 0) is 96.9 Å². The molecule has 0 N–H and O–H groups in total. The minimum absolute atomic E-state index is 1.08. The third kappa shape index (κ3) is 4.53. The number of rotatable bonds is 6. The first-order valence-electron chi connectivity index (χ1n) is 17.8. The number of nitrogens with zero attached hydrogens (tertiary/aromatic N) is 3. The van der Waals surface area contributed by atoms with E-state index in [0.29, 0.717) is 0 Å². The fraction of sp³-hybridized carbons (Fsp3) is 0.0204. The molecule has 0 aliphatic carbocycles. The van der Waals surface area contributed by atoms with Gasteiger partial charge in [0.1, 0.15) is 0 Å². The maximum atomic E-state index is 4.28. The second-order valence-corrected chi connectivity index (χ2v) is 13.5. The summed E-state index contributed by atoms with van der Waals surface area (Å²) in [5.41, 5.74) is 14.1. The van der Waals surface area contributed by atoms with Gasteiger partial charge in [-0.15, -0.1) is 0 Å². The molecule has 246 valence electrons. The Morgan fingerprint density at radius 1 is 0.442 bits per heavy atom. The third-order valence-corrected chi connectivity index (χ3v) is 10.6. The van der Waals surface area contributed by atoms with Crippen LogP contribution in [0.15, 0.2) is 176 Å². The van der Waals surface area contributed by atoms with Gasteiger partial charge in [0.25, 0.3) is 0 Å². The zero-order chi connectivity index (χ0) is 34.8. The summed E-state index contributed by atoms with van der Waals surface area (Å²) >= 11 is 0. The van der Waals surface area contributed by atoms with E-state index in [0.717, 1.165) is 22.6 Å². The Morgan fingerprint density at radius 2 is 0.885 bits per heavy atom. The van der Waals surface area contributed by atoms with Gasteiger partial charge in [-0.25, -0.2) is 0 Å². The molecule has 3 nitrogen and oxygen atoms in total. The van der Waals surface area contributed by atoms with Crippen LogP contribution in [0.1, 0.15) is 18.2 Å². The van der Waals surface area contributed by atoms with E-state index in [-0.39, 0.29) is 0 Å². The number of hydrogen-bond acceptors (Lipinski definition) is 0. The van der Waals surface area contributed by atoms with E-state index in [4.69, 9.17) is 0 Å². The summed E-state index contributed by atoms with van der Waals surface area (Å²) in [6.07, 6.45) is 4.31. The lowest BCUT2D eigenvalue weighted by Gasteiger charge is -2.11. The molecule has 7 aromatic carbocycles. The molecule has 0 saturated carbocycles. The van der Waals surface area contributed by atoms with E-state index < -0.39 is 0 Å². The van der Waals surface area contributed by atoms with Crippen LogP contribution in [0.5, 0.6) is 0 Å². The predicted octanol–water partition coefficient (Wildman–Crippen LogP) is 13.2. The molecule has 10 aromatic rings. The second kappa shape index (κ2) is 11.9. The predicted molar refractivity (Wildman–Crippen MR) is 222 cm³/mol. The molecule has 0 saturated heterocycles. The summed E-state index contributed by atoms with van der Waals surface area (Å²) in [5.74, 6) is 0. The summed E-state index contributed by atoms with van der Waals surface area (Å²) in [5, 5.41) is 6.20. The molecule has 0 radical (unpaired) electrons. The van der Waals surface area contributed by atoms with Gasteiger partial charge in [-0.1, -0.05) is 110 Å². The van der Waals surface area contributed by atoms with Crippen LogP contribution >= 0.6 is 0 Å². The van der Waals surface area contributed by atoms with Crippen LogP contribution in [-0.4, -0.2) is 13.7 Å². The van der Waals surface area contributed by atoms with Crippen molar-refractivity contribution in [3.63, 3.8) is 0 Å². The fourth-order valence-corrected chi connectivity index (χ4v) is 8.31. The first kappa shape index (κ1) is 30.0. The minimum Gasteiger partial charge on any atom is -0.313 e. The van der Waals surface area contributed by atoms with Gasteiger partial charge in [0.05, 0.1) is 33.3 Å². The molecule has 3 aromatic heterocycles. The van der Waals surface area contributed by atoms with Crippen LogP contribution in [0, 0.1) is 0 Å². The standard InChI is InChI=1S/C49H35N3/c1-3-44-41(38-20-11-14-24-46(38)51(44)36-16-6-4-7-17-36)30-33(2)50-45-23-13-10-21-39(45)42-31-34(26-28-48(42)50)35-27-29-49-43(32-35)40-22-12-15-25-47(40)52(49)37-18-8-5-9-19-37/h3-32H,1H2,2H3/b33-30+. The summed E-state index contributed by atoms with van der Waals surface area (Å²) in [4.78, 5) is 0. The molecule has 0 unspecified atom stereocenters. The van der Waals surface area contributed by atoms with E-state index in [2.05, 4.69) is 203 Å². The molecule has 3 heteroatoms. The van der Waals surface area contributed by atoms with E-state index in [9.17, 15) is 0 Å². The van der Waals surface area contributed by atoms with Crippen LogP contribution in [0.3, 0.4) is 0 Å². The van der Waals surface area contributed by atoms with Gasteiger partial charge in [0.2, 0.25) is 0 Å². The Bertz CT molecular complexity index is 3020. The minimum atomic E-state index is 1.08. The van der Waals surface area contributed by atoms with Crippen molar-refractivity contribution in [2.24, 2.45) is 0 Å². The molecular weight excluding hydrogens is 631 g/mol. The van der Waals surface area contributed by atoms with Crippen LogP contribution < -0.4 is 0 Å². The number of allylic oxidation sites excluding steroid dienone is 1. The van der Waals surface area contributed by atoms with Crippen molar-refractivity contribution >= 4 is 72.4 Å². The van der Waals surface area contributed by atoms with Crippen molar-refractivity contribution < 1.29 is 0 Å². The van der Waals surface area contributed by atoms with Gasteiger partial charge in [-0.2, -0.15) is 0 Å². The highest BCUT2D eigenvalue weighted by Crippen LogP contribution is 2.39. The topological polar surface area (TPSA) is 14.8 Å². The van der Waals surface area contributed by atoms with Crippen molar-refractivity contribution in [3.05, 3.63) is 188 Å². The Balaban J connectivity index is 1.14. The molecule has 10 rings (SSSR count). The van der Waals surface area contributed by atoms with E-state index in [1.54, 1.807) is 0 Å². The van der Waals surface area contributed by atoms with Crippen molar-refractivity contribution in [2.45, 2.75) is 6.92 Å². The Morgan fingerprint density at radius 3 is 1.52 bits per heavy atom. The molecule has 52 heavy (non-hydrogen) atoms. The Kier molecular flexibility index (Phi) is 6.87. The van der Waals surface area contributed by atoms with E-state index in [1.807, 2.05) is 6.08 Å². The van der Waals surface area contributed by atoms with Crippen LogP contribution in [0.2, 0.25) is 0 Å². The molecule has 0 aliphatic rings. The molecule has 0 aliphatic heterocycles. The molecule has 0 spiro atoms. The molecule has 0 bridgehead atoms. The summed E-state index contributed by atoms with van der Waals surface area (Å²) in [7, 11) is 0. The molecule has 0 fully saturated rings. The van der Waals surface area contributed by atoms with Crippen LogP contribution in [-0.2, 0) is 0 Å². The normalized spacial score (nSPS) is 12.1. The quantitative estimate of drug-likeness (QED) is 0.168. The fourth-order valence-electron chi connectivity index (χ4n) is 8.31. The number of para-hydroxylation sites is 5. The molecular formula is C49H35N3. The Labute approximate surface area is 302 Å². The zero-order valence-electron chi connectivity index (χ0n) is 28.9. The highest BCUT2D eigenvalue weighted by Gasteiger charge is 2.18. The average molecular weight is 666 g/mol. The van der Waals surface area contributed by atoms with Gasteiger partial charge >= 0.3 is 0 Å². The van der Waals surface area contributed by atoms with Crippen LogP contribution in [0.4, 0.5) is 0 Å². The summed E-state index contributed by atoms with van der Waals surface area (Å²) in [6.45, 7) is 6.50. The molecule has 0 amide bonds. The smallest absolute Gasteiger partial charge is 0.0541 e. The summed E-state index contributed by atoms with van der Waals surface area (Å²) in [6, 6.07) is 61.2. The second-order valence-electron chi connectivity index (χ2n) is 13.5. The zero-order valence-corrected chi connectivity index (χ0v) is 28.9. The number of aromatic nitrogens is 3. The lowest BCUT2D eigenvalue weighted by molar-refractivity contribution is 1.10. The van der Waals surface area contributed by atoms with Gasteiger partial charge in [0, 0.05) is 49.6 Å². The average Bonchev–Trinajstić information content (AvgIpc) is 3.83.